The molecule has 298 valence electrons. The number of benzene rings is 4. The van der Waals surface area contributed by atoms with Gasteiger partial charge in [-0.15, -0.1) is 0 Å². The minimum atomic E-state index is -4.50. The number of hydrogen-bond donors (Lipinski definition) is 1. The summed E-state index contributed by atoms with van der Waals surface area (Å²) in [6, 6.07) is 33.7. The molecule has 2 aliphatic rings. The topological polar surface area (TPSA) is 171 Å². The maximum atomic E-state index is 14.5. The lowest BCUT2D eigenvalue weighted by Gasteiger charge is -2.49. The van der Waals surface area contributed by atoms with Crippen molar-refractivity contribution < 1.29 is 59.8 Å². The molecule has 56 heavy (non-hydrogen) atoms. The Kier molecular flexibility index (Phi) is 14.2. The molecule has 2 heterocycles. The smallest absolute Gasteiger partial charge is 0.463 e. The average Bonchev–Trinajstić information content (AvgIpc) is 3.21. The molecular weight excluding hydrogens is 765 g/mol. The Balaban J connectivity index is 1.25. The van der Waals surface area contributed by atoms with Gasteiger partial charge in [-0.25, -0.2) is 17.8 Å². The summed E-state index contributed by atoms with van der Waals surface area (Å²) in [5.74, 6) is -1.86. The first kappa shape index (κ1) is 41.4. The first-order valence-corrected chi connectivity index (χ1v) is 21.1. The maximum Gasteiger partial charge on any atom is 0.477 e. The van der Waals surface area contributed by atoms with E-state index in [2.05, 4.69) is 5.32 Å². The van der Waals surface area contributed by atoms with Crippen LogP contribution in [0.5, 0.6) is 0 Å². The van der Waals surface area contributed by atoms with Crippen LogP contribution in [0.2, 0.25) is 0 Å². The van der Waals surface area contributed by atoms with Gasteiger partial charge in [0.1, 0.15) is 31.0 Å². The first-order valence-electron chi connectivity index (χ1n) is 18.0. The standard InChI is InChI=1S/C40H44NO13PS/c1-28(38(43)47-23-24-56(45,46)33-21-13-6-14-22-33)51-37-35(41-29(2)42)40(52-34-27-48-39(53-36(34)37)32-19-11-5-12-20-32)54-55(44,49-25-30-15-7-3-8-16-30)50-26-31-17-9-4-10-18-31/h3-22,28,34-37,39-40H,23-27H2,1-2H3,(H,41,42)/t28-,34-,35-,36-,37-,39?,40-/m1/s1. The van der Waals surface area contributed by atoms with E-state index in [1.165, 1.54) is 26.0 Å². The van der Waals surface area contributed by atoms with Crippen molar-refractivity contribution in [3.05, 3.63) is 138 Å². The molecule has 0 aromatic heterocycles. The summed E-state index contributed by atoms with van der Waals surface area (Å²) in [5.41, 5.74) is 2.07. The number of hydrogen-bond acceptors (Lipinski definition) is 13. The Labute approximate surface area is 325 Å². The Morgan fingerprint density at radius 3 is 1.95 bits per heavy atom. The fourth-order valence-corrected chi connectivity index (χ4v) is 8.43. The second-order valence-corrected chi connectivity index (χ2v) is 16.8. The molecule has 0 spiro atoms. The fourth-order valence-electron chi connectivity index (χ4n) is 6.08. The highest BCUT2D eigenvalue weighted by molar-refractivity contribution is 7.91. The number of carbonyl (C=O) groups excluding carboxylic acids is 2. The van der Waals surface area contributed by atoms with E-state index in [1.807, 2.05) is 42.5 Å². The molecule has 6 rings (SSSR count). The number of rotatable bonds is 17. The molecule has 2 aliphatic heterocycles. The van der Waals surface area contributed by atoms with Gasteiger partial charge in [-0.1, -0.05) is 109 Å². The van der Waals surface area contributed by atoms with Crippen molar-refractivity contribution in [1.29, 1.82) is 0 Å². The minimum Gasteiger partial charge on any atom is -0.463 e. The number of phosphoric acid groups is 1. The van der Waals surface area contributed by atoms with E-state index in [-0.39, 0.29) is 24.7 Å². The van der Waals surface area contributed by atoms with Crippen LogP contribution in [-0.4, -0.2) is 76.0 Å². The predicted molar refractivity (Wildman–Crippen MR) is 201 cm³/mol. The monoisotopic (exact) mass is 809 g/mol. The summed E-state index contributed by atoms with van der Waals surface area (Å²) in [6.45, 7) is 1.90. The number of amides is 1. The molecule has 1 N–H and O–H groups in total. The summed E-state index contributed by atoms with van der Waals surface area (Å²) >= 11 is 0. The van der Waals surface area contributed by atoms with Crippen LogP contribution < -0.4 is 5.32 Å². The molecule has 0 saturated carbocycles. The second-order valence-electron chi connectivity index (χ2n) is 13.1. The van der Waals surface area contributed by atoms with E-state index >= 15 is 0 Å². The molecule has 14 nitrogen and oxygen atoms in total. The van der Waals surface area contributed by atoms with Crippen LogP contribution in [0.3, 0.4) is 0 Å². The number of ether oxygens (including phenoxy) is 5. The number of phosphoric ester groups is 1. The van der Waals surface area contributed by atoms with E-state index < -0.39 is 84.9 Å². The highest BCUT2D eigenvalue weighted by atomic mass is 32.2. The Bertz CT molecular complexity index is 1980. The largest absolute Gasteiger partial charge is 0.477 e. The second kappa shape index (κ2) is 19.2. The molecule has 1 amide bonds. The van der Waals surface area contributed by atoms with Crippen LogP contribution in [0.1, 0.15) is 36.8 Å². The molecule has 1 unspecified atom stereocenters. The van der Waals surface area contributed by atoms with Gasteiger partial charge in [0.15, 0.2) is 28.5 Å². The number of carbonyl (C=O) groups is 2. The highest BCUT2D eigenvalue weighted by Gasteiger charge is 2.54. The quantitative estimate of drug-likeness (QED) is 0.102. The van der Waals surface area contributed by atoms with Gasteiger partial charge in [0.2, 0.25) is 5.91 Å². The number of esters is 1. The summed E-state index contributed by atoms with van der Waals surface area (Å²) in [6.07, 6.45) is -6.83. The van der Waals surface area contributed by atoms with Gasteiger partial charge >= 0.3 is 13.8 Å². The van der Waals surface area contributed by atoms with Crippen LogP contribution in [0.15, 0.2) is 126 Å². The summed E-state index contributed by atoms with van der Waals surface area (Å²) < 4.78 is 88.4. The zero-order valence-corrected chi connectivity index (χ0v) is 32.5. The number of fused-ring (bicyclic) bond motifs is 1. The van der Waals surface area contributed by atoms with Crippen LogP contribution >= 0.6 is 7.82 Å². The molecule has 0 bridgehead atoms. The van der Waals surface area contributed by atoms with Crippen molar-refractivity contribution in [2.75, 3.05) is 19.0 Å². The van der Waals surface area contributed by atoms with Gasteiger partial charge in [-0.2, -0.15) is 0 Å². The lowest BCUT2D eigenvalue weighted by Crippen LogP contribution is -2.67. The lowest BCUT2D eigenvalue weighted by atomic mass is 9.95. The van der Waals surface area contributed by atoms with E-state index in [1.54, 1.807) is 66.7 Å². The molecule has 2 fully saturated rings. The third-order valence-electron chi connectivity index (χ3n) is 8.87. The summed E-state index contributed by atoms with van der Waals surface area (Å²) in [5, 5.41) is 2.77. The molecule has 2 saturated heterocycles. The van der Waals surface area contributed by atoms with Crippen molar-refractivity contribution in [1.82, 2.24) is 5.32 Å². The van der Waals surface area contributed by atoms with Gasteiger partial charge in [-0.05, 0) is 30.2 Å². The van der Waals surface area contributed by atoms with E-state index in [0.717, 1.165) is 0 Å². The van der Waals surface area contributed by atoms with E-state index in [9.17, 15) is 22.6 Å². The van der Waals surface area contributed by atoms with Crippen molar-refractivity contribution in [2.24, 2.45) is 0 Å². The van der Waals surface area contributed by atoms with Crippen molar-refractivity contribution >= 4 is 29.5 Å². The average molecular weight is 810 g/mol. The number of nitrogens with one attached hydrogen (secondary N) is 1. The summed E-state index contributed by atoms with van der Waals surface area (Å²) in [7, 11) is -8.24. The normalized spacial score (nSPS) is 23.0. The molecule has 4 aromatic rings. The van der Waals surface area contributed by atoms with Gasteiger partial charge in [0, 0.05) is 12.5 Å². The van der Waals surface area contributed by atoms with E-state index in [4.69, 9.17) is 37.3 Å². The first-order chi connectivity index (χ1) is 27.0. The van der Waals surface area contributed by atoms with Crippen LogP contribution in [-0.2, 0) is 74.5 Å². The third kappa shape index (κ3) is 11.2. The predicted octanol–water partition coefficient (Wildman–Crippen LogP) is 5.68. The molecular formula is C40H44NO13PS. The zero-order valence-electron chi connectivity index (χ0n) is 30.8. The van der Waals surface area contributed by atoms with Gasteiger partial charge in [0.05, 0.1) is 30.5 Å². The maximum absolute atomic E-state index is 14.5. The molecule has 7 atom stereocenters. The Morgan fingerprint density at radius 1 is 0.821 bits per heavy atom. The zero-order chi connectivity index (χ0) is 39.5. The van der Waals surface area contributed by atoms with E-state index in [0.29, 0.717) is 16.7 Å². The Hall–Kier alpha value is -4.28. The molecule has 16 heteroatoms. The van der Waals surface area contributed by atoms with Crippen molar-refractivity contribution in [2.45, 2.75) is 75.0 Å². The van der Waals surface area contributed by atoms with Crippen LogP contribution in [0.4, 0.5) is 0 Å². The Morgan fingerprint density at radius 2 is 1.38 bits per heavy atom. The van der Waals surface area contributed by atoms with Crippen LogP contribution in [0, 0.1) is 0 Å². The third-order valence-corrected chi connectivity index (χ3v) is 11.9. The fraction of sp³-hybridized carbons (Fsp3) is 0.350. The van der Waals surface area contributed by atoms with Gasteiger partial charge in [0.25, 0.3) is 0 Å². The van der Waals surface area contributed by atoms with Gasteiger partial charge < -0.3 is 29.0 Å². The van der Waals surface area contributed by atoms with Crippen LogP contribution in [0.25, 0.3) is 0 Å². The molecule has 0 radical (unpaired) electrons. The SMILES string of the molecule is CC(=O)N[C@H]1[C@@H](OP(=O)(OCc2ccccc2)OCc2ccccc2)O[C@@H]2COC(c3ccccc3)O[C@H]2[C@@H]1O[C@H](C)C(=O)OCCS(=O)(=O)c1ccccc1. The summed E-state index contributed by atoms with van der Waals surface area (Å²) in [4.78, 5) is 26.2. The highest BCUT2D eigenvalue weighted by Crippen LogP contribution is 2.54. The molecule has 0 aliphatic carbocycles. The number of sulfone groups is 1. The molecule has 4 aromatic carbocycles. The lowest BCUT2D eigenvalue weighted by molar-refractivity contribution is -0.342. The van der Waals surface area contributed by atoms with Crippen molar-refractivity contribution in [3.8, 4) is 0 Å². The van der Waals surface area contributed by atoms with Gasteiger partial charge in [-0.3, -0.25) is 18.4 Å². The minimum absolute atomic E-state index is 0.0487. The van der Waals surface area contributed by atoms with Crippen molar-refractivity contribution in [3.63, 3.8) is 0 Å².